The lowest BCUT2D eigenvalue weighted by atomic mass is 9.73. The fourth-order valence-electron chi connectivity index (χ4n) is 4.42. The van der Waals surface area contributed by atoms with E-state index in [0.29, 0.717) is 5.75 Å². The van der Waals surface area contributed by atoms with Crippen LogP contribution in [-0.4, -0.2) is 53.0 Å². The molecule has 1 aromatic rings. The predicted molar refractivity (Wildman–Crippen MR) is 85.9 cm³/mol. The van der Waals surface area contributed by atoms with Crippen molar-refractivity contribution in [3.8, 4) is 11.5 Å². The van der Waals surface area contributed by atoms with Crippen LogP contribution >= 0.6 is 0 Å². The van der Waals surface area contributed by atoms with Crippen LogP contribution in [0.4, 0.5) is 0 Å². The summed E-state index contributed by atoms with van der Waals surface area (Å²) in [7, 11) is 1.51. The summed E-state index contributed by atoms with van der Waals surface area (Å²) in [6.07, 6.45) is 1.36. The molecule has 0 spiro atoms. The molecule has 6 heteroatoms. The fourth-order valence-corrected chi connectivity index (χ4v) is 4.42. The molecule has 128 valence electrons. The van der Waals surface area contributed by atoms with Gasteiger partial charge in [-0.1, -0.05) is 5.57 Å². The van der Waals surface area contributed by atoms with E-state index >= 15 is 0 Å². The SMILES string of the molecule is COc1cc2c(cc1O)CN1CCC3=C[C@H](OC(C)=O)[C@@H](O)[C@@H]2[C@H]31. The van der Waals surface area contributed by atoms with Crippen LogP contribution in [0.2, 0.25) is 0 Å². The highest BCUT2D eigenvalue weighted by molar-refractivity contribution is 5.66. The van der Waals surface area contributed by atoms with Gasteiger partial charge < -0.3 is 19.7 Å². The highest BCUT2D eigenvalue weighted by Crippen LogP contribution is 2.49. The van der Waals surface area contributed by atoms with E-state index in [9.17, 15) is 15.0 Å². The predicted octanol–water partition coefficient (Wildman–Crippen LogP) is 1.30. The molecule has 2 N–H and O–H groups in total. The van der Waals surface area contributed by atoms with Crippen LogP contribution in [0.3, 0.4) is 0 Å². The maximum atomic E-state index is 11.4. The van der Waals surface area contributed by atoms with E-state index in [1.165, 1.54) is 19.6 Å². The first kappa shape index (κ1) is 15.5. The molecule has 0 unspecified atom stereocenters. The molecular formula is C18H21NO5. The molecule has 0 amide bonds. The van der Waals surface area contributed by atoms with Gasteiger partial charge in [0.25, 0.3) is 0 Å². The molecule has 2 heterocycles. The molecule has 1 aliphatic carbocycles. The number of carbonyl (C=O) groups excluding carboxylic acids is 1. The van der Waals surface area contributed by atoms with Crippen LogP contribution < -0.4 is 4.74 Å². The third-order valence-electron chi connectivity index (χ3n) is 5.36. The molecule has 6 nitrogen and oxygen atoms in total. The molecule has 0 bridgehead atoms. The molecule has 1 fully saturated rings. The van der Waals surface area contributed by atoms with E-state index in [0.717, 1.165) is 30.6 Å². The number of rotatable bonds is 2. The van der Waals surface area contributed by atoms with Gasteiger partial charge in [0.05, 0.1) is 7.11 Å². The van der Waals surface area contributed by atoms with Crippen molar-refractivity contribution in [3.63, 3.8) is 0 Å². The molecule has 4 rings (SSSR count). The largest absolute Gasteiger partial charge is 0.504 e. The zero-order valence-electron chi connectivity index (χ0n) is 13.7. The van der Waals surface area contributed by atoms with Crippen molar-refractivity contribution >= 4 is 5.97 Å². The number of methoxy groups -OCH3 is 1. The van der Waals surface area contributed by atoms with Crippen LogP contribution in [0.1, 0.15) is 30.4 Å². The molecule has 0 saturated carbocycles. The second-order valence-electron chi connectivity index (χ2n) is 6.72. The monoisotopic (exact) mass is 331 g/mol. The number of aliphatic hydroxyl groups is 1. The lowest BCUT2D eigenvalue weighted by Crippen LogP contribution is -2.50. The molecular weight excluding hydrogens is 310 g/mol. The van der Waals surface area contributed by atoms with Crippen molar-refractivity contribution in [2.75, 3.05) is 13.7 Å². The first-order chi connectivity index (χ1) is 11.5. The quantitative estimate of drug-likeness (QED) is 0.628. The van der Waals surface area contributed by atoms with Crippen molar-refractivity contribution in [1.29, 1.82) is 0 Å². The molecule has 0 aromatic heterocycles. The number of fused-ring (bicyclic) bond motifs is 2. The van der Waals surface area contributed by atoms with E-state index in [4.69, 9.17) is 9.47 Å². The number of aliphatic hydroxyl groups excluding tert-OH is 1. The second kappa shape index (κ2) is 5.50. The normalized spacial score (nSPS) is 31.0. The number of nitrogens with zero attached hydrogens (tertiary/aromatic N) is 1. The Bertz CT molecular complexity index is 728. The van der Waals surface area contributed by atoms with Crippen LogP contribution in [0.15, 0.2) is 23.8 Å². The summed E-state index contributed by atoms with van der Waals surface area (Å²) in [4.78, 5) is 13.7. The Morgan fingerprint density at radius 3 is 2.88 bits per heavy atom. The van der Waals surface area contributed by atoms with E-state index < -0.39 is 18.2 Å². The van der Waals surface area contributed by atoms with Gasteiger partial charge in [-0.15, -0.1) is 0 Å². The lowest BCUT2D eigenvalue weighted by molar-refractivity contribution is -0.150. The minimum absolute atomic E-state index is 0.103. The van der Waals surface area contributed by atoms with Crippen molar-refractivity contribution < 1.29 is 24.5 Å². The third kappa shape index (κ3) is 2.21. The van der Waals surface area contributed by atoms with Gasteiger partial charge in [-0.05, 0) is 35.8 Å². The van der Waals surface area contributed by atoms with Crippen molar-refractivity contribution in [1.82, 2.24) is 4.90 Å². The Kier molecular flexibility index (Phi) is 3.54. The van der Waals surface area contributed by atoms with Gasteiger partial charge in [-0.25, -0.2) is 0 Å². The van der Waals surface area contributed by atoms with Gasteiger partial charge in [0.15, 0.2) is 11.5 Å². The number of esters is 1. The first-order valence-corrected chi connectivity index (χ1v) is 8.19. The minimum atomic E-state index is -0.823. The Hall–Kier alpha value is -2.05. The number of carbonyl (C=O) groups is 1. The number of phenols is 1. The second-order valence-corrected chi connectivity index (χ2v) is 6.72. The highest BCUT2D eigenvalue weighted by atomic mass is 16.6. The van der Waals surface area contributed by atoms with E-state index in [2.05, 4.69) is 4.90 Å². The van der Waals surface area contributed by atoms with Gasteiger partial charge in [-0.3, -0.25) is 9.69 Å². The molecule has 2 aliphatic heterocycles. The molecule has 1 aromatic carbocycles. The fraction of sp³-hybridized carbons (Fsp3) is 0.500. The molecule has 0 radical (unpaired) electrons. The summed E-state index contributed by atoms with van der Waals surface area (Å²) >= 11 is 0. The van der Waals surface area contributed by atoms with E-state index in [1.807, 2.05) is 12.1 Å². The first-order valence-electron chi connectivity index (χ1n) is 8.19. The average molecular weight is 331 g/mol. The maximum Gasteiger partial charge on any atom is 0.303 e. The summed E-state index contributed by atoms with van der Waals surface area (Å²) < 4.78 is 10.6. The van der Waals surface area contributed by atoms with Crippen molar-refractivity contribution in [2.45, 2.75) is 44.1 Å². The number of hydrogen-bond acceptors (Lipinski definition) is 6. The van der Waals surface area contributed by atoms with Gasteiger partial charge >= 0.3 is 5.97 Å². The minimum Gasteiger partial charge on any atom is -0.504 e. The number of benzene rings is 1. The maximum absolute atomic E-state index is 11.4. The molecule has 1 saturated heterocycles. The number of ether oxygens (including phenoxy) is 2. The van der Waals surface area contributed by atoms with Crippen LogP contribution in [0.5, 0.6) is 11.5 Å². The summed E-state index contributed by atoms with van der Waals surface area (Å²) in [6, 6.07) is 3.64. The highest BCUT2D eigenvalue weighted by Gasteiger charge is 2.49. The van der Waals surface area contributed by atoms with Gasteiger partial charge in [0, 0.05) is 32.0 Å². The van der Waals surface area contributed by atoms with E-state index in [1.54, 1.807) is 6.07 Å². The summed E-state index contributed by atoms with van der Waals surface area (Å²) in [5.74, 6) is -0.0994. The summed E-state index contributed by atoms with van der Waals surface area (Å²) in [5.41, 5.74) is 3.16. The van der Waals surface area contributed by atoms with Crippen molar-refractivity contribution in [3.05, 3.63) is 34.9 Å². The average Bonchev–Trinajstić information content (AvgIpc) is 2.92. The Morgan fingerprint density at radius 2 is 2.17 bits per heavy atom. The smallest absolute Gasteiger partial charge is 0.303 e. The van der Waals surface area contributed by atoms with Crippen molar-refractivity contribution in [2.24, 2.45) is 0 Å². The Morgan fingerprint density at radius 1 is 1.38 bits per heavy atom. The lowest BCUT2D eigenvalue weighted by Gasteiger charge is -2.45. The molecule has 4 atom stereocenters. The number of phenolic OH excluding ortho intramolecular Hbond substituents is 1. The molecule has 3 aliphatic rings. The Labute approximate surface area is 140 Å². The zero-order valence-corrected chi connectivity index (χ0v) is 13.7. The van der Waals surface area contributed by atoms with Gasteiger partial charge in [0.2, 0.25) is 0 Å². The zero-order chi connectivity index (χ0) is 17.0. The van der Waals surface area contributed by atoms with Crippen LogP contribution in [0.25, 0.3) is 0 Å². The standard InChI is InChI=1S/C18H21NO5/c1-9(20)24-15-6-10-3-4-19-8-11-5-13(21)14(23-2)7-12(11)16(17(10)19)18(15)22/h5-7,15-18,21-22H,3-4,8H2,1-2H3/t15-,16-,17-,18+/m0/s1. The van der Waals surface area contributed by atoms with E-state index in [-0.39, 0.29) is 17.7 Å². The third-order valence-corrected chi connectivity index (χ3v) is 5.36. The number of hydrogen-bond donors (Lipinski definition) is 2. The van der Waals surface area contributed by atoms with Gasteiger partial charge in [-0.2, -0.15) is 0 Å². The summed E-state index contributed by atoms with van der Waals surface area (Å²) in [6.45, 7) is 2.99. The van der Waals surface area contributed by atoms with Crippen LogP contribution in [0, 0.1) is 0 Å². The topological polar surface area (TPSA) is 79.2 Å². The van der Waals surface area contributed by atoms with Gasteiger partial charge in [0.1, 0.15) is 12.2 Å². The van der Waals surface area contributed by atoms with Crippen LogP contribution in [-0.2, 0) is 16.1 Å². The molecule has 24 heavy (non-hydrogen) atoms. The Balaban J connectivity index is 1.82. The summed E-state index contributed by atoms with van der Waals surface area (Å²) in [5, 5.41) is 21.0. The number of aromatic hydroxyl groups is 1.